The van der Waals surface area contributed by atoms with Crippen molar-refractivity contribution in [2.75, 3.05) is 25.6 Å². The van der Waals surface area contributed by atoms with Gasteiger partial charge in [0.15, 0.2) is 0 Å². The van der Waals surface area contributed by atoms with E-state index in [-0.39, 0.29) is 17.5 Å². The number of nitrogens with zero attached hydrogens (tertiary/aromatic N) is 1. The Morgan fingerprint density at radius 2 is 2.00 bits per heavy atom. The summed E-state index contributed by atoms with van der Waals surface area (Å²) in [4.78, 5) is 28.2. The van der Waals surface area contributed by atoms with E-state index in [2.05, 4.69) is 31.5 Å². The number of hydrogen-bond acceptors (Lipinski definition) is 4. The molecule has 7 heteroatoms. The van der Waals surface area contributed by atoms with Crippen molar-refractivity contribution in [2.45, 2.75) is 0 Å². The highest BCUT2D eigenvalue weighted by molar-refractivity contribution is 9.10. The molecule has 2 rings (SSSR count). The van der Waals surface area contributed by atoms with Crippen LogP contribution in [0.3, 0.4) is 0 Å². The molecule has 0 saturated carbocycles. The Kier molecular flexibility index (Phi) is 6.25. The predicted octanol–water partition coefficient (Wildman–Crippen LogP) is 2.47. The summed E-state index contributed by atoms with van der Waals surface area (Å²) >= 11 is 3.37. The minimum absolute atomic E-state index is 0.181. The van der Waals surface area contributed by atoms with Crippen LogP contribution >= 0.6 is 15.9 Å². The van der Waals surface area contributed by atoms with Gasteiger partial charge in [0.05, 0.1) is 12.3 Å². The molecule has 0 saturated heterocycles. The molecule has 2 aromatic rings. The number of carbonyl (C=O) groups is 2. The second-order valence-corrected chi connectivity index (χ2v) is 5.47. The Labute approximate surface area is 142 Å². The van der Waals surface area contributed by atoms with Gasteiger partial charge in [0.1, 0.15) is 5.69 Å². The third kappa shape index (κ3) is 4.87. The Morgan fingerprint density at radius 3 is 2.74 bits per heavy atom. The molecule has 1 aromatic carbocycles. The summed E-state index contributed by atoms with van der Waals surface area (Å²) in [6.45, 7) is 0.790. The number of anilines is 1. The molecule has 2 N–H and O–H groups in total. The standard InChI is InChI=1S/C16H16BrN3O3/c1-23-9-8-19-16(22)14-10-11(6-7-18-14)15(21)20-13-5-3-2-4-12(13)17/h2-7,10H,8-9H2,1H3,(H,19,22)(H,20,21). The van der Waals surface area contributed by atoms with Gasteiger partial charge in [-0.05, 0) is 40.2 Å². The van der Waals surface area contributed by atoms with Crippen LogP contribution in [0.25, 0.3) is 0 Å². The van der Waals surface area contributed by atoms with E-state index in [1.807, 2.05) is 18.2 Å². The minimum atomic E-state index is -0.349. The first-order chi connectivity index (χ1) is 11.1. The highest BCUT2D eigenvalue weighted by Crippen LogP contribution is 2.21. The summed E-state index contributed by atoms with van der Waals surface area (Å²) < 4.78 is 5.64. The molecule has 0 fully saturated rings. The van der Waals surface area contributed by atoms with Crippen LogP contribution in [0.4, 0.5) is 5.69 Å². The molecule has 1 aromatic heterocycles. The van der Waals surface area contributed by atoms with Crippen LogP contribution in [-0.4, -0.2) is 37.1 Å². The number of methoxy groups -OCH3 is 1. The van der Waals surface area contributed by atoms with Gasteiger partial charge >= 0.3 is 0 Å². The molecular weight excluding hydrogens is 362 g/mol. The van der Waals surface area contributed by atoms with E-state index in [1.54, 1.807) is 19.2 Å². The van der Waals surface area contributed by atoms with Gasteiger partial charge in [0.25, 0.3) is 11.8 Å². The van der Waals surface area contributed by atoms with Crippen LogP contribution in [0.1, 0.15) is 20.8 Å². The molecule has 0 aliphatic rings. The van der Waals surface area contributed by atoms with Crippen LogP contribution in [0.15, 0.2) is 47.1 Å². The number of nitrogens with one attached hydrogen (secondary N) is 2. The van der Waals surface area contributed by atoms with Crippen LogP contribution in [-0.2, 0) is 4.74 Å². The highest BCUT2D eigenvalue weighted by atomic mass is 79.9. The van der Waals surface area contributed by atoms with Gasteiger partial charge in [-0.25, -0.2) is 0 Å². The van der Waals surface area contributed by atoms with Crippen molar-refractivity contribution in [1.82, 2.24) is 10.3 Å². The quantitative estimate of drug-likeness (QED) is 0.757. The molecule has 120 valence electrons. The summed E-state index contributed by atoms with van der Waals surface area (Å²) in [7, 11) is 1.55. The first-order valence-corrected chi connectivity index (χ1v) is 7.70. The molecule has 0 aliphatic heterocycles. The smallest absolute Gasteiger partial charge is 0.269 e. The van der Waals surface area contributed by atoms with Crippen LogP contribution < -0.4 is 10.6 Å². The van der Waals surface area contributed by atoms with Crippen molar-refractivity contribution in [2.24, 2.45) is 0 Å². The lowest BCUT2D eigenvalue weighted by atomic mass is 10.2. The minimum Gasteiger partial charge on any atom is -0.383 e. The van der Waals surface area contributed by atoms with Crippen molar-refractivity contribution < 1.29 is 14.3 Å². The van der Waals surface area contributed by atoms with Crippen molar-refractivity contribution in [3.63, 3.8) is 0 Å². The number of rotatable bonds is 6. The van der Waals surface area contributed by atoms with E-state index in [0.29, 0.717) is 24.4 Å². The van der Waals surface area contributed by atoms with Gasteiger partial charge in [0.2, 0.25) is 0 Å². The Balaban J connectivity index is 2.08. The highest BCUT2D eigenvalue weighted by Gasteiger charge is 2.12. The van der Waals surface area contributed by atoms with Crippen LogP contribution in [0.5, 0.6) is 0 Å². The summed E-state index contributed by atoms with van der Waals surface area (Å²) in [5.41, 5.74) is 1.19. The maximum Gasteiger partial charge on any atom is 0.269 e. The monoisotopic (exact) mass is 377 g/mol. The maximum atomic E-state index is 12.3. The van der Waals surface area contributed by atoms with E-state index in [1.165, 1.54) is 12.3 Å². The molecular formula is C16H16BrN3O3. The molecule has 0 atom stereocenters. The van der Waals surface area contributed by atoms with Crippen molar-refractivity contribution in [3.05, 3.63) is 58.3 Å². The SMILES string of the molecule is COCCNC(=O)c1cc(C(=O)Nc2ccccc2Br)ccn1. The van der Waals surface area contributed by atoms with E-state index >= 15 is 0 Å². The van der Waals surface area contributed by atoms with Crippen LogP contribution in [0, 0.1) is 0 Å². The van der Waals surface area contributed by atoms with Crippen molar-refractivity contribution >= 4 is 33.4 Å². The van der Waals surface area contributed by atoms with Crippen molar-refractivity contribution in [1.29, 1.82) is 0 Å². The fourth-order valence-electron chi connectivity index (χ4n) is 1.81. The second-order valence-electron chi connectivity index (χ2n) is 4.61. The average Bonchev–Trinajstić information content (AvgIpc) is 2.57. The fourth-order valence-corrected chi connectivity index (χ4v) is 2.19. The van der Waals surface area contributed by atoms with Crippen LogP contribution in [0.2, 0.25) is 0 Å². The summed E-state index contributed by atoms with van der Waals surface area (Å²) in [5.74, 6) is -0.664. The molecule has 1 heterocycles. The normalized spacial score (nSPS) is 10.2. The maximum absolute atomic E-state index is 12.3. The number of benzene rings is 1. The number of ether oxygens (including phenoxy) is 1. The molecule has 0 aliphatic carbocycles. The van der Waals surface area contributed by atoms with Gasteiger partial charge in [-0.1, -0.05) is 12.1 Å². The topological polar surface area (TPSA) is 80.3 Å². The Bertz CT molecular complexity index is 706. The van der Waals surface area contributed by atoms with E-state index in [0.717, 1.165) is 4.47 Å². The average molecular weight is 378 g/mol. The van der Waals surface area contributed by atoms with Crippen molar-refractivity contribution in [3.8, 4) is 0 Å². The number of hydrogen-bond donors (Lipinski definition) is 2. The van der Waals surface area contributed by atoms with Gasteiger partial charge in [-0.15, -0.1) is 0 Å². The zero-order chi connectivity index (χ0) is 16.7. The van der Waals surface area contributed by atoms with E-state index in [9.17, 15) is 9.59 Å². The number of aromatic nitrogens is 1. The lowest BCUT2D eigenvalue weighted by molar-refractivity contribution is 0.0932. The third-order valence-corrected chi connectivity index (χ3v) is 3.66. The first kappa shape index (κ1) is 17.1. The lowest BCUT2D eigenvalue weighted by Gasteiger charge is -2.08. The summed E-state index contributed by atoms with van der Waals surface area (Å²) in [5, 5.41) is 5.44. The number of amides is 2. The number of para-hydroxylation sites is 1. The number of pyridine rings is 1. The van der Waals surface area contributed by atoms with Gasteiger partial charge in [-0.3, -0.25) is 14.6 Å². The molecule has 0 radical (unpaired) electrons. The number of halogens is 1. The Hall–Kier alpha value is -2.25. The molecule has 0 bridgehead atoms. The molecule has 23 heavy (non-hydrogen) atoms. The predicted molar refractivity (Wildman–Crippen MR) is 90.5 cm³/mol. The van der Waals surface area contributed by atoms with Gasteiger partial charge in [0, 0.05) is 29.9 Å². The van der Waals surface area contributed by atoms with E-state index < -0.39 is 0 Å². The summed E-state index contributed by atoms with van der Waals surface area (Å²) in [6, 6.07) is 10.3. The molecule has 6 nitrogen and oxygen atoms in total. The molecule has 2 amide bonds. The second kappa shape index (κ2) is 8.40. The largest absolute Gasteiger partial charge is 0.383 e. The zero-order valence-corrected chi connectivity index (χ0v) is 14.1. The Morgan fingerprint density at radius 1 is 1.22 bits per heavy atom. The fraction of sp³-hybridized carbons (Fsp3) is 0.188. The van der Waals surface area contributed by atoms with Gasteiger partial charge in [-0.2, -0.15) is 0 Å². The molecule has 0 spiro atoms. The first-order valence-electron chi connectivity index (χ1n) is 6.91. The zero-order valence-electron chi connectivity index (χ0n) is 12.5. The van der Waals surface area contributed by atoms with E-state index in [4.69, 9.17) is 4.74 Å². The summed E-state index contributed by atoms with van der Waals surface area (Å²) in [6.07, 6.45) is 1.43. The lowest BCUT2D eigenvalue weighted by Crippen LogP contribution is -2.28. The van der Waals surface area contributed by atoms with Gasteiger partial charge < -0.3 is 15.4 Å². The third-order valence-electron chi connectivity index (χ3n) is 2.97. The molecule has 0 unspecified atom stereocenters. The number of carbonyl (C=O) groups excluding carboxylic acids is 2.